The number of nitrogens with zero attached hydrogens (tertiary/aromatic N) is 3. The molecule has 4 unspecified atom stereocenters. The van der Waals surface area contributed by atoms with E-state index in [1.165, 1.54) is 51.4 Å². The van der Waals surface area contributed by atoms with Crippen molar-refractivity contribution in [2.45, 2.75) is 75.3 Å². The van der Waals surface area contributed by atoms with Gasteiger partial charge in [0.1, 0.15) is 11.6 Å². The molecule has 120 valence electrons. The second kappa shape index (κ2) is 4.46. The predicted molar refractivity (Wildman–Crippen MR) is 92.2 cm³/mol. The summed E-state index contributed by atoms with van der Waals surface area (Å²) in [7, 11) is 7.02. The molecule has 0 amide bonds. The van der Waals surface area contributed by atoms with Crippen LogP contribution in [-0.2, 0) is 7.05 Å². The molecule has 5 rings (SSSR count). The molecule has 0 aromatic carbocycles. The zero-order chi connectivity index (χ0) is 15.0. The van der Waals surface area contributed by atoms with Crippen LogP contribution < -0.4 is 9.80 Å². The van der Waals surface area contributed by atoms with Gasteiger partial charge in [0, 0.05) is 56.2 Å². The van der Waals surface area contributed by atoms with Gasteiger partial charge in [-0.25, -0.2) is 0 Å². The molecule has 2 aliphatic carbocycles. The van der Waals surface area contributed by atoms with Crippen LogP contribution in [0.25, 0.3) is 0 Å². The molecule has 0 N–H and O–H groups in total. The molecule has 3 heterocycles. The zero-order valence-electron chi connectivity index (χ0n) is 14.3. The third-order valence-electron chi connectivity index (χ3n) is 7.27. The molecule has 1 aromatic heterocycles. The highest BCUT2D eigenvalue weighted by Crippen LogP contribution is 2.59. The minimum Gasteiger partial charge on any atom is -0.357 e. The van der Waals surface area contributed by atoms with Gasteiger partial charge >= 0.3 is 0 Å². The first-order valence-electron chi connectivity index (χ1n) is 9.38. The van der Waals surface area contributed by atoms with Crippen LogP contribution in [-0.4, -0.2) is 30.7 Å². The summed E-state index contributed by atoms with van der Waals surface area (Å²) in [6.07, 6.45) is 11.3. The van der Waals surface area contributed by atoms with Crippen molar-refractivity contribution in [1.82, 2.24) is 4.57 Å². The molecule has 4 aliphatic rings. The molecule has 0 spiro atoms. The van der Waals surface area contributed by atoms with Crippen LogP contribution in [0.5, 0.6) is 0 Å². The molecule has 1 aromatic rings. The lowest BCUT2D eigenvalue weighted by Gasteiger charge is -2.32. The number of likely N-dealkylation sites (N-methyl/N-ethyl adjacent to an activating group) is 2. The van der Waals surface area contributed by atoms with Crippen molar-refractivity contribution in [3.8, 4) is 0 Å². The van der Waals surface area contributed by atoms with Crippen molar-refractivity contribution >= 4 is 11.6 Å². The van der Waals surface area contributed by atoms with E-state index in [2.05, 4.69) is 35.5 Å². The van der Waals surface area contributed by atoms with Gasteiger partial charge in [-0.2, -0.15) is 0 Å². The Hall–Kier alpha value is -1.12. The van der Waals surface area contributed by atoms with E-state index in [0.29, 0.717) is 0 Å². The molecule has 0 radical (unpaired) electrons. The van der Waals surface area contributed by atoms with Gasteiger partial charge < -0.3 is 14.4 Å². The second-order valence-corrected chi connectivity index (χ2v) is 8.17. The van der Waals surface area contributed by atoms with E-state index in [-0.39, 0.29) is 0 Å². The third-order valence-corrected chi connectivity index (χ3v) is 7.27. The standard InChI is InChI=1S/C19H29N3/c1-20-14-10-6-4-8-12(14)16-17-13-9-5-7-11-15(13)21(2)19(17)22(3)18(16)20/h12-15H,4-11H2,1-3H3. The van der Waals surface area contributed by atoms with Crippen LogP contribution in [0.2, 0.25) is 0 Å². The van der Waals surface area contributed by atoms with Gasteiger partial charge in [-0.3, -0.25) is 0 Å². The first-order valence-corrected chi connectivity index (χ1v) is 9.38. The first kappa shape index (κ1) is 13.3. The van der Waals surface area contributed by atoms with Gasteiger partial charge in [-0.1, -0.05) is 25.7 Å². The Labute approximate surface area is 134 Å². The van der Waals surface area contributed by atoms with Gasteiger partial charge in [0.05, 0.1) is 0 Å². The molecule has 4 atom stereocenters. The summed E-state index contributed by atoms with van der Waals surface area (Å²) < 4.78 is 2.54. The smallest absolute Gasteiger partial charge is 0.113 e. The maximum Gasteiger partial charge on any atom is 0.113 e. The van der Waals surface area contributed by atoms with Crippen LogP contribution in [0.4, 0.5) is 11.6 Å². The summed E-state index contributed by atoms with van der Waals surface area (Å²) >= 11 is 0. The Morgan fingerprint density at radius 3 is 1.50 bits per heavy atom. The fraction of sp³-hybridized carbons (Fsp3) is 0.789. The van der Waals surface area contributed by atoms with Crippen molar-refractivity contribution < 1.29 is 0 Å². The maximum atomic E-state index is 2.63. The molecule has 2 fully saturated rings. The summed E-state index contributed by atoms with van der Waals surface area (Å²) in [6, 6.07) is 1.56. The van der Waals surface area contributed by atoms with Crippen molar-refractivity contribution in [2.24, 2.45) is 7.05 Å². The van der Waals surface area contributed by atoms with E-state index in [1.54, 1.807) is 22.8 Å². The van der Waals surface area contributed by atoms with E-state index < -0.39 is 0 Å². The molecule has 2 aliphatic heterocycles. The van der Waals surface area contributed by atoms with E-state index in [0.717, 1.165) is 23.9 Å². The highest BCUT2D eigenvalue weighted by atomic mass is 15.3. The normalized spacial score (nSPS) is 36.1. The van der Waals surface area contributed by atoms with E-state index >= 15 is 0 Å². The second-order valence-electron chi connectivity index (χ2n) is 8.17. The topological polar surface area (TPSA) is 11.4 Å². The highest BCUT2D eigenvalue weighted by Gasteiger charge is 2.50. The third kappa shape index (κ3) is 1.43. The lowest BCUT2D eigenvalue weighted by Crippen LogP contribution is -2.35. The average Bonchev–Trinajstić information content (AvgIpc) is 3.12. The van der Waals surface area contributed by atoms with Crippen molar-refractivity contribution in [2.75, 3.05) is 23.9 Å². The largest absolute Gasteiger partial charge is 0.357 e. The molecule has 3 nitrogen and oxygen atoms in total. The SMILES string of the molecule is CN1c2c(c3c(n2C)N(C)C2CCCCC32)C2CCCCC21. The molecule has 3 heteroatoms. The summed E-state index contributed by atoms with van der Waals surface area (Å²) in [5.41, 5.74) is 3.54. The molecule has 0 bridgehead atoms. The van der Waals surface area contributed by atoms with Gasteiger partial charge in [-0.05, 0) is 25.7 Å². The fourth-order valence-electron chi connectivity index (χ4n) is 6.42. The van der Waals surface area contributed by atoms with E-state index in [9.17, 15) is 0 Å². The number of anilines is 2. The van der Waals surface area contributed by atoms with Crippen molar-refractivity contribution in [3.05, 3.63) is 11.1 Å². The van der Waals surface area contributed by atoms with Crippen LogP contribution in [0, 0.1) is 0 Å². The Bertz CT molecular complexity index is 565. The number of rotatable bonds is 0. The quantitative estimate of drug-likeness (QED) is 0.718. The van der Waals surface area contributed by atoms with Gasteiger partial charge in [0.25, 0.3) is 0 Å². The van der Waals surface area contributed by atoms with Crippen molar-refractivity contribution in [1.29, 1.82) is 0 Å². The van der Waals surface area contributed by atoms with Crippen molar-refractivity contribution in [3.63, 3.8) is 0 Å². The first-order chi connectivity index (χ1) is 10.7. The number of hydrogen-bond acceptors (Lipinski definition) is 2. The lowest BCUT2D eigenvalue weighted by atomic mass is 9.76. The van der Waals surface area contributed by atoms with Crippen LogP contribution in [0.3, 0.4) is 0 Å². The molecule has 22 heavy (non-hydrogen) atoms. The summed E-state index contributed by atoms with van der Waals surface area (Å²) in [5, 5.41) is 0. The number of aromatic nitrogens is 1. The summed E-state index contributed by atoms with van der Waals surface area (Å²) in [5.74, 6) is 4.74. The maximum absolute atomic E-state index is 2.63. The van der Waals surface area contributed by atoms with Gasteiger partial charge in [-0.15, -0.1) is 0 Å². The summed E-state index contributed by atoms with van der Waals surface area (Å²) in [4.78, 5) is 5.26. The van der Waals surface area contributed by atoms with Crippen LogP contribution >= 0.6 is 0 Å². The molecule has 0 saturated heterocycles. The van der Waals surface area contributed by atoms with Crippen LogP contribution in [0.15, 0.2) is 0 Å². The Morgan fingerprint density at radius 2 is 1.05 bits per heavy atom. The summed E-state index contributed by atoms with van der Waals surface area (Å²) in [6.45, 7) is 0. The molecular weight excluding hydrogens is 270 g/mol. The van der Waals surface area contributed by atoms with E-state index in [4.69, 9.17) is 0 Å². The van der Waals surface area contributed by atoms with Crippen LogP contribution in [0.1, 0.15) is 74.3 Å². The zero-order valence-corrected chi connectivity index (χ0v) is 14.3. The minimum atomic E-state index is 0.781. The van der Waals surface area contributed by atoms with E-state index in [1.807, 2.05) is 0 Å². The average molecular weight is 299 g/mol. The molecular formula is C19H29N3. The highest BCUT2D eigenvalue weighted by molar-refractivity contribution is 5.75. The predicted octanol–water partition coefficient (Wildman–Crippen LogP) is 3.98. The van der Waals surface area contributed by atoms with Gasteiger partial charge in [0.15, 0.2) is 0 Å². The molecule has 2 saturated carbocycles. The Balaban J connectivity index is 1.70. The monoisotopic (exact) mass is 299 g/mol. The minimum absolute atomic E-state index is 0.781. The Kier molecular flexibility index (Phi) is 2.70. The fourth-order valence-corrected chi connectivity index (χ4v) is 6.42. The number of hydrogen-bond donors (Lipinski definition) is 0. The van der Waals surface area contributed by atoms with Gasteiger partial charge in [0.2, 0.25) is 0 Å². The number of fused-ring (bicyclic) bond motifs is 7. The lowest BCUT2D eigenvalue weighted by molar-refractivity contribution is 0.380. The Morgan fingerprint density at radius 1 is 0.636 bits per heavy atom.